The van der Waals surface area contributed by atoms with E-state index in [-0.39, 0.29) is 11.9 Å². The zero-order chi connectivity index (χ0) is 14.7. The van der Waals surface area contributed by atoms with Crippen molar-refractivity contribution in [2.24, 2.45) is 0 Å². The molecule has 0 spiro atoms. The molecule has 0 radical (unpaired) electrons. The van der Waals surface area contributed by atoms with Crippen LogP contribution in [0.15, 0.2) is 22.7 Å². The smallest absolute Gasteiger partial charge is 0.255 e. The van der Waals surface area contributed by atoms with E-state index in [0.717, 1.165) is 23.1 Å². The molecule has 0 aliphatic carbocycles. The van der Waals surface area contributed by atoms with Crippen LogP contribution in [0, 0.1) is 18.3 Å². The van der Waals surface area contributed by atoms with Crippen LogP contribution in [0.5, 0.6) is 0 Å². The van der Waals surface area contributed by atoms with Gasteiger partial charge < -0.3 is 4.90 Å². The highest BCUT2D eigenvalue weighted by Crippen LogP contribution is 2.23. The minimum Gasteiger partial charge on any atom is -0.336 e. The summed E-state index contributed by atoms with van der Waals surface area (Å²) >= 11 is 3.49. The van der Waals surface area contributed by atoms with Gasteiger partial charge in [-0.3, -0.25) is 9.69 Å². The summed E-state index contributed by atoms with van der Waals surface area (Å²) in [4.78, 5) is 16.5. The van der Waals surface area contributed by atoms with Gasteiger partial charge in [0.2, 0.25) is 0 Å². The van der Waals surface area contributed by atoms with Crippen LogP contribution in [0.3, 0.4) is 0 Å². The molecule has 1 heterocycles. The maximum atomic E-state index is 12.5. The van der Waals surface area contributed by atoms with Crippen LogP contribution >= 0.6 is 15.9 Å². The molecular weight excluding hydrogens is 318 g/mol. The quantitative estimate of drug-likeness (QED) is 0.833. The van der Waals surface area contributed by atoms with E-state index in [1.165, 1.54) is 0 Å². The average molecular weight is 336 g/mol. The van der Waals surface area contributed by atoms with Crippen molar-refractivity contribution in [1.82, 2.24) is 9.80 Å². The van der Waals surface area contributed by atoms with E-state index < -0.39 is 0 Å². The first-order valence-corrected chi connectivity index (χ1v) is 7.52. The first kappa shape index (κ1) is 15.0. The zero-order valence-corrected chi connectivity index (χ0v) is 13.4. The van der Waals surface area contributed by atoms with E-state index in [1.807, 2.05) is 36.9 Å². The topological polar surface area (TPSA) is 47.3 Å². The van der Waals surface area contributed by atoms with E-state index in [9.17, 15) is 4.79 Å². The van der Waals surface area contributed by atoms with Gasteiger partial charge in [-0.15, -0.1) is 0 Å². The third-order valence-corrected chi connectivity index (χ3v) is 4.81. The van der Waals surface area contributed by atoms with Crippen molar-refractivity contribution in [3.05, 3.63) is 33.8 Å². The number of halogens is 1. The largest absolute Gasteiger partial charge is 0.336 e. The van der Waals surface area contributed by atoms with Gasteiger partial charge in [0.25, 0.3) is 5.91 Å². The van der Waals surface area contributed by atoms with Gasteiger partial charge in [0, 0.05) is 30.7 Å². The van der Waals surface area contributed by atoms with Gasteiger partial charge in [-0.05, 0) is 41.4 Å². The van der Waals surface area contributed by atoms with Crippen molar-refractivity contribution in [3.8, 4) is 6.07 Å². The minimum absolute atomic E-state index is 0.0600. The molecule has 1 fully saturated rings. The Morgan fingerprint density at radius 1 is 1.35 bits per heavy atom. The highest BCUT2D eigenvalue weighted by Gasteiger charge is 2.25. The van der Waals surface area contributed by atoms with E-state index in [0.29, 0.717) is 18.7 Å². The molecule has 5 heteroatoms. The molecule has 0 bridgehead atoms. The molecule has 0 aromatic heterocycles. The maximum Gasteiger partial charge on any atom is 0.255 e. The van der Waals surface area contributed by atoms with Gasteiger partial charge >= 0.3 is 0 Å². The Hall–Kier alpha value is -1.38. The highest BCUT2D eigenvalue weighted by atomic mass is 79.9. The standard InChI is InChI=1S/C15H18BrN3O/c1-11-4-3-5-13(14(11)16)15(20)19-8-6-18(7-9-19)12(2)10-17/h3-5,12H,6-9H2,1-2H3. The van der Waals surface area contributed by atoms with E-state index in [2.05, 4.69) is 26.9 Å². The number of piperazine rings is 1. The number of amides is 1. The summed E-state index contributed by atoms with van der Waals surface area (Å²) in [5, 5.41) is 8.93. The summed E-state index contributed by atoms with van der Waals surface area (Å²) in [5.74, 6) is 0.0600. The van der Waals surface area contributed by atoms with Crippen molar-refractivity contribution >= 4 is 21.8 Å². The van der Waals surface area contributed by atoms with Gasteiger partial charge in [-0.1, -0.05) is 12.1 Å². The summed E-state index contributed by atoms with van der Waals surface area (Å²) in [7, 11) is 0. The lowest BCUT2D eigenvalue weighted by Crippen LogP contribution is -2.51. The molecule has 1 aliphatic rings. The Balaban J connectivity index is 2.06. The molecule has 0 N–H and O–H groups in total. The fraction of sp³-hybridized carbons (Fsp3) is 0.467. The third-order valence-electron chi connectivity index (χ3n) is 3.76. The van der Waals surface area contributed by atoms with Crippen LogP contribution < -0.4 is 0 Å². The van der Waals surface area contributed by atoms with Crippen LogP contribution in [-0.2, 0) is 0 Å². The predicted octanol–water partition coefficient (Wildman–Crippen LogP) is 2.43. The summed E-state index contributed by atoms with van der Waals surface area (Å²) in [6, 6.07) is 7.89. The second kappa shape index (κ2) is 6.38. The third kappa shape index (κ3) is 3.02. The zero-order valence-electron chi connectivity index (χ0n) is 11.8. The number of hydrogen-bond acceptors (Lipinski definition) is 3. The Morgan fingerprint density at radius 2 is 2.00 bits per heavy atom. The molecule has 1 aromatic rings. The SMILES string of the molecule is Cc1cccc(C(=O)N2CCN(C(C)C#N)CC2)c1Br. The number of carbonyl (C=O) groups excluding carboxylic acids is 1. The van der Waals surface area contributed by atoms with Crippen LogP contribution in [0.4, 0.5) is 0 Å². The van der Waals surface area contributed by atoms with E-state index >= 15 is 0 Å². The number of nitriles is 1. The summed E-state index contributed by atoms with van der Waals surface area (Å²) < 4.78 is 0.873. The van der Waals surface area contributed by atoms with Gasteiger partial charge in [0.05, 0.1) is 17.7 Å². The van der Waals surface area contributed by atoms with E-state index in [1.54, 1.807) is 0 Å². The molecule has 1 aliphatic heterocycles. The summed E-state index contributed by atoms with van der Waals surface area (Å²) in [6.45, 7) is 6.73. The van der Waals surface area contributed by atoms with Crippen LogP contribution in [0.25, 0.3) is 0 Å². The van der Waals surface area contributed by atoms with Crippen molar-refractivity contribution in [2.75, 3.05) is 26.2 Å². The van der Waals surface area contributed by atoms with Crippen molar-refractivity contribution in [3.63, 3.8) is 0 Å². The molecule has 1 atom stereocenters. The molecule has 1 unspecified atom stereocenters. The fourth-order valence-corrected chi connectivity index (χ4v) is 2.81. The van der Waals surface area contributed by atoms with Gasteiger partial charge in [-0.2, -0.15) is 5.26 Å². The molecule has 1 aromatic carbocycles. The number of carbonyl (C=O) groups is 1. The number of aryl methyl sites for hydroxylation is 1. The van der Waals surface area contributed by atoms with E-state index in [4.69, 9.17) is 5.26 Å². The lowest BCUT2D eigenvalue weighted by molar-refractivity contribution is 0.0614. The minimum atomic E-state index is -0.0852. The fourth-order valence-electron chi connectivity index (χ4n) is 2.38. The molecule has 1 amide bonds. The molecule has 2 rings (SSSR count). The number of hydrogen-bond donors (Lipinski definition) is 0. The molecule has 0 saturated carbocycles. The Kier molecular flexibility index (Phi) is 4.79. The van der Waals surface area contributed by atoms with Gasteiger partial charge in [0.1, 0.15) is 0 Å². The average Bonchev–Trinajstić information content (AvgIpc) is 2.48. The highest BCUT2D eigenvalue weighted by molar-refractivity contribution is 9.10. The van der Waals surface area contributed by atoms with Crippen LogP contribution in [-0.4, -0.2) is 47.9 Å². The Bertz CT molecular complexity index is 545. The number of rotatable bonds is 2. The first-order chi connectivity index (χ1) is 9.54. The molecule has 4 nitrogen and oxygen atoms in total. The lowest BCUT2D eigenvalue weighted by atomic mass is 10.1. The van der Waals surface area contributed by atoms with Crippen molar-refractivity contribution in [2.45, 2.75) is 19.9 Å². The van der Waals surface area contributed by atoms with Crippen molar-refractivity contribution in [1.29, 1.82) is 5.26 Å². The van der Waals surface area contributed by atoms with Gasteiger partial charge in [0.15, 0.2) is 0 Å². The number of benzene rings is 1. The normalized spacial score (nSPS) is 17.6. The van der Waals surface area contributed by atoms with Crippen molar-refractivity contribution < 1.29 is 4.79 Å². The molecule has 106 valence electrons. The Labute approximate surface area is 128 Å². The Morgan fingerprint density at radius 3 is 2.60 bits per heavy atom. The monoisotopic (exact) mass is 335 g/mol. The first-order valence-electron chi connectivity index (χ1n) is 6.72. The molecular formula is C15H18BrN3O. The maximum absolute atomic E-state index is 12.5. The molecule has 20 heavy (non-hydrogen) atoms. The second-order valence-electron chi connectivity index (χ2n) is 5.07. The summed E-state index contributed by atoms with van der Waals surface area (Å²) in [6.07, 6.45) is 0. The summed E-state index contributed by atoms with van der Waals surface area (Å²) in [5.41, 5.74) is 1.78. The second-order valence-corrected chi connectivity index (χ2v) is 5.86. The number of nitrogens with zero attached hydrogens (tertiary/aromatic N) is 3. The lowest BCUT2D eigenvalue weighted by Gasteiger charge is -2.36. The van der Waals surface area contributed by atoms with Gasteiger partial charge in [-0.25, -0.2) is 0 Å². The van der Waals surface area contributed by atoms with Crippen LogP contribution in [0.2, 0.25) is 0 Å². The van der Waals surface area contributed by atoms with Crippen LogP contribution in [0.1, 0.15) is 22.8 Å². The molecule has 1 saturated heterocycles. The predicted molar refractivity (Wildman–Crippen MR) is 81.4 cm³/mol.